The van der Waals surface area contributed by atoms with E-state index in [0.29, 0.717) is 5.82 Å². The summed E-state index contributed by atoms with van der Waals surface area (Å²) < 4.78 is 0. The van der Waals surface area contributed by atoms with Gasteiger partial charge in [0, 0.05) is 5.56 Å². The molecule has 1 aromatic carbocycles. The molecule has 0 saturated carbocycles. The molecule has 2 aromatic rings. The minimum absolute atomic E-state index is 0.0623. The van der Waals surface area contributed by atoms with Gasteiger partial charge in [0.25, 0.3) is 0 Å². The van der Waals surface area contributed by atoms with Gasteiger partial charge < -0.3 is 10.2 Å². The highest BCUT2D eigenvalue weighted by molar-refractivity contribution is 5.55. The number of aromatic hydroxyl groups is 1. The van der Waals surface area contributed by atoms with Crippen molar-refractivity contribution in [2.45, 2.75) is 25.9 Å². The van der Waals surface area contributed by atoms with E-state index in [-0.39, 0.29) is 11.9 Å². The number of aliphatic hydroxyl groups excluding tert-OH is 1. The van der Waals surface area contributed by atoms with Gasteiger partial charge in [0.2, 0.25) is 0 Å². The highest BCUT2D eigenvalue weighted by atomic mass is 16.3. The minimum atomic E-state index is -0.273. The highest BCUT2D eigenvalue weighted by Crippen LogP contribution is 2.17. The van der Waals surface area contributed by atoms with Crippen LogP contribution in [0.5, 0.6) is 5.75 Å². The Morgan fingerprint density at radius 1 is 1.11 bits per heavy atom. The van der Waals surface area contributed by atoms with Crippen molar-refractivity contribution in [3.63, 3.8) is 0 Å². The maximum atomic E-state index is 9.23. The SMILES string of the molecule is CC(O)CCc1ccc(-c2ncc(O)cn2)cc1. The first-order chi connectivity index (χ1) is 8.65. The molecule has 2 rings (SSSR count). The predicted molar refractivity (Wildman–Crippen MR) is 69.1 cm³/mol. The van der Waals surface area contributed by atoms with Crippen molar-refractivity contribution in [3.05, 3.63) is 42.2 Å². The summed E-state index contributed by atoms with van der Waals surface area (Å²) in [5, 5.41) is 18.3. The lowest BCUT2D eigenvalue weighted by Crippen LogP contribution is -2.01. The normalized spacial score (nSPS) is 12.3. The average molecular weight is 244 g/mol. The number of aromatic nitrogens is 2. The smallest absolute Gasteiger partial charge is 0.159 e. The van der Waals surface area contributed by atoms with Crippen LogP contribution in [0.2, 0.25) is 0 Å². The molecule has 1 unspecified atom stereocenters. The molecule has 0 spiro atoms. The summed E-state index contributed by atoms with van der Waals surface area (Å²) in [4.78, 5) is 8.10. The van der Waals surface area contributed by atoms with Gasteiger partial charge in [-0.3, -0.25) is 0 Å². The van der Waals surface area contributed by atoms with Crippen LogP contribution in [0.3, 0.4) is 0 Å². The summed E-state index contributed by atoms with van der Waals surface area (Å²) in [6.45, 7) is 1.79. The number of aliphatic hydroxyl groups is 1. The molecular weight excluding hydrogens is 228 g/mol. The number of aryl methyl sites for hydroxylation is 1. The summed E-state index contributed by atoms with van der Waals surface area (Å²) in [7, 11) is 0. The lowest BCUT2D eigenvalue weighted by Gasteiger charge is -2.05. The van der Waals surface area contributed by atoms with Gasteiger partial charge in [0.1, 0.15) is 0 Å². The van der Waals surface area contributed by atoms with Crippen molar-refractivity contribution in [2.24, 2.45) is 0 Å². The monoisotopic (exact) mass is 244 g/mol. The van der Waals surface area contributed by atoms with Gasteiger partial charge in [-0.2, -0.15) is 0 Å². The fraction of sp³-hybridized carbons (Fsp3) is 0.286. The van der Waals surface area contributed by atoms with E-state index < -0.39 is 0 Å². The Labute approximate surface area is 106 Å². The molecule has 2 N–H and O–H groups in total. The topological polar surface area (TPSA) is 66.2 Å². The number of rotatable bonds is 4. The van der Waals surface area contributed by atoms with Crippen LogP contribution in [0, 0.1) is 0 Å². The third-order valence-corrected chi connectivity index (χ3v) is 2.70. The van der Waals surface area contributed by atoms with Gasteiger partial charge >= 0.3 is 0 Å². The van der Waals surface area contributed by atoms with Gasteiger partial charge in [0.15, 0.2) is 11.6 Å². The molecule has 4 nitrogen and oxygen atoms in total. The van der Waals surface area contributed by atoms with Crippen molar-refractivity contribution in [3.8, 4) is 17.1 Å². The molecule has 0 aliphatic heterocycles. The van der Waals surface area contributed by atoms with Gasteiger partial charge in [-0.15, -0.1) is 0 Å². The zero-order valence-electron chi connectivity index (χ0n) is 10.2. The van der Waals surface area contributed by atoms with E-state index in [9.17, 15) is 5.11 Å². The number of benzene rings is 1. The quantitative estimate of drug-likeness (QED) is 0.865. The third kappa shape index (κ3) is 3.28. The highest BCUT2D eigenvalue weighted by Gasteiger charge is 2.02. The van der Waals surface area contributed by atoms with Crippen molar-refractivity contribution in [1.29, 1.82) is 0 Å². The zero-order chi connectivity index (χ0) is 13.0. The van der Waals surface area contributed by atoms with Crippen LogP contribution in [-0.4, -0.2) is 26.3 Å². The second-order valence-corrected chi connectivity index (χ2v) is 4.35. The van der Waals surface area contributed by atoms with Crippen LogP contribution < -0.4 is 0 Å². The van der Waals surface area contributed by atoms with Gasteiger partial charge in [-0.1, -0.05) is 24.3 Å². The molecule has 0 fully saturated rings. The van der Waals surface area contributed by atoms with Crippen molar-refractivity contribution < 1.29 is 10.2 Å². The lowest BCUT2D eigenvalue weighted by molar-refractivity contribution is 0.185. The summed E-state index contributed by atoms with van der Waals surface area (Å²) in [6, 6.07) is 7.91. The second-order valence-electron chi connectivity index (χ2n) is 4.35. The Kier molecular flexibility index (Phi) is 3.89. The largest absolute Gasteiger partial charge is 0.505 e. The molecule has 1 aromatic heterocycles. The molecule has 0 amide bonds. The molecule has 0 bridgehead atoms. The number of nitrogens with zero attached hydrogens (tertiary/aromatic N) is 2. The van der Waals surface area contributed by atoms with E-state index in [1.165, 1.54) is 18.0 Å². The maximum Gasteiger partial charge on any atom is 0.159 e. The summed E-state index contributed by atoms with van der Waals surface area (Å²) in [6.07, 6.45) is 4.10. The molecule has 1 atom stereocenters. The summed E-state index contributed by atoms with van der Waals surface area (Å²) in [5.74, 6) is 0.655. The lowest BCUT2D eigenvalue weighted by atomic mass is 10.1. The first kappa shape index (κ1) is 12.5. The molecule has 94 valence electrons. The Balaban J connectivity index is 2.09. The summed E-state index contributed by atoms with van der Waals surface area (Å²) >= 11 is 0. The summed E-state index contributed by atoms with van der Waals surface area (Å²) in [5.41, 5.74) is 2.09. The molecule has 0 saturated heterocycles. The standard InChI is InChI=1S/C14H16N2O2/c1-10(17)2-3-11-4-6-12(7-5-11)14-15-8-13(18)9-16-14/h4-10,17-18H,2-3H2,1H3. The van der Waals surface area contributed by atoms with E-state index in [2.05, 4.69) is 9.97 Å². The first-order valence-corrected chi connectivity index (χ1v) is 5.93. The second kappa shape index (κ2) is 5.60. The Morgan fingerprint density at radius 3 is 2.28 bits per heavy atom. The van der Waals surface area contributed by atoms with Gasteiger partial charge in [-0.05, 0) is 25.3 Å². The minimum Gasteiger partial charge on any atom is -0.505 e. The van der Waals surface area contributed by atoms with Crippen LogP contribution in [0.25, 0.3) is 11.4 Å². The first-order valence-electron chi connectivity index (χ1n) is 5.93. The molecular formula is C14H16N2O2. The van der Waals surface area contributed by atoms with Crippen LogP contribution >= 0.6 is 0 Å². The maximum absolute atomic E-state index is 9.23. The molecule has 0 radical (unpaired) electrons. The van der Waals surface area contributed by atoms with Gasteiger partial charge in [0.05, 0.1) is 18.5 Å². The molecule has 0 aliphatic rings. The molecule has 0 aliphatic carbocycles. The van der Waals surface area contributed by atoms with Crippen LogP contribution in [0.1, 0.15) is 18.9 Å². The predicted octanol–water partition coefficient (Wildman–Crippen LogP) is 2.16. The average Bonchev–Trinajstić information content (AvgIpc) is 2.38. The van der Waals surface area contributed by atoms with Crippen molar-refractivity contribution >= 4 is 0 Å². The Bertz CT molecular complexity index is 492. The van der Waals surface area contributed by atoms with E-state index >= 15 is 0 Å². The van der Waals surface area contributed by atoms with Crippen molar-refractivity contribution in [2.75, 3.05) is 0 Å². The Hall–Kier alpha value is -1.94. The number of hydrogen-bond acceptors (Lipinski definition) is 4. The van der Waals surface area contributed by atoms with E-state index in [0.717, 1.165) is 18.4 Å². The molecule has 4 heteroatoms. The van der Waals surface area contributed by atoms with Crippen molar-refractivity contribution in [1.82, 2.24) is 9.97 Å². The van der Waals surface area contributed by atoms with Gasteiger partial charge in [-0.25, -0.2) is 9.97 Å². The molecule has 1 heterocycles. The third-order valence-electron chi connectivity index (χ3n) is 2.70. The van der Waals surface area contributed by atoms with E-state index in [1.807, 2.05) is 24.3 Å². The fourth-order valence-corrected chi connectivity index (χ4v) is 1.67. The van der Waals surface area contributed by atoms with E-state index in [4.69, 9.17) is 5.11 Å². The fourth-order valence-electron chi connectivity index (χ4n) is 1.67. The van der Waals surface area contributed by atoms with Crippen LogP contribution in [0.15, 0.2) is 36.7 Å². The van der Waals surface area contributed by atoms with Crippen LogP contribution in [0.4, 0.5) is 0 Å². The Morgan fingerprint density at radius 2 is 1.72 bits per heavy atom. The number of hydrogen-bond donors (Lipinski definition) is 2. The molecule has 18 heavy (non-hydrogen) atoms. The van der Waals surface area contributed by atoms with Crippen LogP contribution in [-0.2, 0) is 6.42 Å². The zero-order valence-corrected chi connectivity index (χ0v) is 10.2. The van der Waals surface area contributed by atoms with E-state index in [1.54, 1.807) is 6.92 Å².